The summed E-state index contributed by atoms with van der Waals surface area (Å²) < 4.78 is 0. The van der Waals surface area contributed by atoms with Crippen molar-refractivity contribution in [2.24, 2.45) is 5.92 Å². The second kappa shape index (κ2) is 5.87. The van der Waals surface area contributed by atoms with Gasteiger partial charge >= 0.3 is 0 Å². The molecule has 2 aliphatic rings. The van der Waals surface area contributed by atoms with Gasteiger partial charge in [-0.25, -0.2) is 0 Å². The third kappa shape index (κ3) is 2.54. The minimum atomic E-state index is -0.0442. The topological polar surface area (TPSA) is 58.1 Å². The number of aromatic nitrogens is 2. The van der Waals surface area contributed by atoms with Crippen molar-refractivity contribution in [1.29, 1.82) is 0 Å². The van der Waals surface area contributed by atoms with Crippen molar-refractivity contribution < 1.29 is 4.79 Å². The minimum Gasteiger partial charge on any atom is -0.332 e. The van der Waals surface area contributed by atoms with Crippen molar-refractivity contribution >= 4 is 5.91 Å². The average Bonchev–Trinajstić information content (AvgIpc) is 2.90. The second-order valence-corrected chi connectivity index (χ2v) is 5.86. The highest BCUT2D eigenvalue weighted by Crippen LogP contribution is 2.37. The fourth-order valence-electron chi connectivity index (χ4n) is 3.69. The highest BCUT2D eigenvalue weighted by Gasteiger charge is 2.40. The van der Waals surface area contributed by atoms with Crippen LogP contribution >= 0.6 is 0 Å². The van der Waals surface area contributed by atoms with Crippen LogP contribution in [0.1, 0.15) is 37.8 Å². The fraction of sp³-hybridized carbons (Fsp3) is 0.667. The molecule has 1 saturated heterocycles. The first-order chi connectivity index (χ1) is 9.79. The number of amides is 1. The summed E-state index contributed by atoms with van der Waals surface area (Å²) in [5.41, 5.74) is 0.878. The number of carbonyl (C=O) groups is 1. The van der Waals surface area contributed by atoms with Crippen molar-refractivity contribution in [3.63, 3.8) is 0 Å². The Labute approximate surface area is 119 Å². The summed E-state index contributed by atoms with van der Waals surface area (Å²) in [5, 5.41) is 11.2. The molecular weight excluding hydrogens is 252 g/mol. The molecule has 1 saturated carbocycles. The summed E-state index contributed by atoms with van der Waals surface area (Å²) in [6.07, 6.45) is 7.40. The molecule has 0 radical (unpaired) electrons. The van der Waals surface area contributed by atoms with E-state index >= 15 is 0 Å². The lowest BCUT2D eigenvalue weighted by Crippen LogP contribution is -2.47. The van der Waals surface area contributed by atoms with E-state index in [1.807, 2.05) is 19.2 Å². The zero-order valence-corrected chi connectivity index (χ0v) is 12.0. The largest absolute Gasteiger partial charge is 0.332 e. The Balaban J connectivity index is 1.84. The molecule has 0 aromatic carbocycles. The van der Waals surface area contributed by atoms with Gasteiger partial charge in [-0.05, 0) is 50.8 Å². The Kier molecular flexibility index (Phi) is 3.96. The first kappa shape index (κ1) is 13.5. The van der Waals surface area contributed by atoms with Gasteiger partial charge in [0, 0.05) is 12.2 Å². The summed E-state index contributed by atoms with van der Waals surface area (Å²) in [6.45, 7) is 0.589. The van der Waals surface area contributed by atoms with Crippen LogP contribution in [0, 0.1) is 5.92 Å². The Morgan fingerprint density at radius 2 is 2.25 bits per heavy atom. The Morgan fingerprint density at radius 3 is 3.00 bits per heavy atom. The minimum absolute atomic E-state index is 0.0442. The van der Waals surface area contributed by atoms with Gasteiger partial charge in [0.1, 0.15) is 0 Å². The van der Waals surface area contributed by atoms with Crippen molar-refractivity contribution in [3.8, 4) is 0 Å². The van der Waals surface area contributed by atoms with E-state index in [2.05, 4.69) is 20.4 Å². The highest BCUT2D eigenvalue weighted by molar-refractivity contribution is 5.82. The number of nitrogens with zero attached hydrogens (tertiary/aromatic N) is 3. The summed E-state index contributed by atoms with van der Waals surface area (Å²) in [7, 11) is 1.88. The maximum Gasteiger partial charge on any atom is 0.240 e. The lowest BCUT2D eigenvalue weighted by Gasteiger charge is -2.31. The molecule has 0 bridgehead atoms. The van der Waals surface area contributed by atoms with Crippen molar-refractivity contribution in [2.75, 3.05) is 7.05 Å². The average molecular weight is 274 g/mol. The molecule has 5 heteroatoms. The smallest absolute Gasteiger partial charge is 0.240 e. The molecule has 2 heterocycles. The lowest BCUT2D eigenvalue weighted by atomic mass is 9.97. The van der Waals surface area contributed by atoms with E-state index in [4.69, 9.17) is 0 Å². The van der Waals surface area contributed by atoms with E-state index in [-0.39, 0.29) is 11.9 Å². The number of carbonyl (C=O) groups excluding carboxylic acids is 1. The van der Waals surface area contributed by atoms with Crippen LogP contribution < -0.4 is 5.32 Å². The zero-order chi connectivity index (χ0) is 13.9. The van der Waals surface area contributed by atoms with Gasteiger partial charge in [-0.1, -0.05) is 6.42 Å². The molecule has 1 amide bonds. The Bertz CT molecular complexity index is 464. The quantitative estimate of drug-likeness (QED) is 0.904. The van der Waals surface area contributed by atoms with Gasteiger partial charge in [0.05, 0.1) is 18.3 Å². The van der Waals surface area contributed by atoms with E-state index in [1.54, 1.807) is 6.20 Å². The van der Waals surface area contributed by atoms with Crippen LogP contribution in [0.25, 0.3) is 0 Å². The second-order valence-electron chi connectivity index (χ2n) is 5.86. The number of likely N-dealkylation sites (N-methyl/N-ethyl adjacent to an activating group) is 1. The molecule has 5 nitrogen and oxygen atoms in total. The molecule has 3 rings (SSSR count). The number of likely N-dealkylation sites (tertiary alicyclic amines) is 1. The van der Waals surface area contributed by atoms with Crippen molar-refractivity contribution in [2.45, 2.75) is 50.7 Å². The predicted octanol–water partition coefficient (Wildman–Crippen LogP) is 1.36. The standard InChI is InChI=1S/C15H22N4O/c1-16-13-8-7-11-4-2-6-14(11)19(15(13)20)10-12-5-3-9-17-18-12/h3,5,9,11,13-14,16H,2,4,6-8,10H2,1H3. The van der Waals surface area contributed by atoms with E-state index in [9.17, 15) is 4.79 Å². The molecule has 1 N–H and O–H groups in total. The molecule has 1 aliphatic heterocycles. The van der Waals surface area contributed by atoms with Crippen LogP contribution in [0.3, 0.4) is 0 Å². The molecule has 3 atom stereocenters. The number of rotatable bonds is 3. The fourth-order valence-corrected chi connectivity index (χ4v) is 3.69. The predicted molar refractivity (Wildman–Crippen MR) is 75.8 cm³/mol. The molecule has 2 fully saturated rings. The monoisotopic (exact) mass is 274 g/mol. The first-order valence-corrected chi connectivity index (χ1v) is 7.54. The van der Waals surface area contributed by atoms with Gasteiger partial charge in [-0.15, -0.1) is 0 Å². The molecule has 1 aromatic rings. The SMILES string of the molecule is CNC1CCC2CCCC2N(Cc2cccnn2)C1=O. The summed E-state index contributed by atoms with van der Waals surface area (Å²) in [6, 6.07) is 4.18. The third-order valence-corrected chi connectivity index (χ3v) is 4.73. The summed E-state index contributed by atoms with van der Waals surface area (Å²) in [5.74, 6) is 0.890. The number of hydrogen-bond acceptors (Lipinski definition) is 4. The third-order valence-electron chi connectivity index (χ3n) is 4.73. The Morgan fingerprint density at radius 1 is 1.35 bits per heavy atom. The van der Waals surface area contributed by atoms with Crippen LogP contribution in [-0.4, -0.2) is 40.1 Å². The van der Waals surface area contributed by atoms with Crippen molar-refractivity contribution in [3.05, 3.63) is 24.0 Å². The highest BCUT2D eigenvalue weighted by atomic mass is 16.2. The first-order valence-electron chi connectivity index (χ1n) is 7.54. The number of hydrogen-bond donors (Lipinski definition) is 1. The van der Waals surface area contributed by atoms with Gasteiger partial charge in [0.15, 0.2) is 0 Å². The van der Waals surface area contributed by atoms with Gasteiger partial charge in [0.2, 0.25) is 5.91 Å². The molecule has 0 spiro atoms. The van der Waals surface area contributed by atoms with E-state index in [1.165, 1.54) is 12.8 Å². The van der Waals surface area contributed by atoms with Crippen LogP contribution in [0.15, 0.2) is 18.3 Å². The molecule has 3 unspecified atom stereocenters. The van der Waals surface area contributed by atoms with Crippen LogP contribution in [-0.2, 0) is 11.3 Å². The molecule has 1 aliphatic carbocycles. The maximum absolute atomic E-state index is 12.7. The normalized spacial score (nSPS) is 30.1. The zero-order valence-electron chi connectivity index (χ0n) is 12.0. The van der Waals surface area contributed by atoms with E-state index in [0.29, 0.717) is 18.5 Å². The van der Waals surface area contributed by atoms with Crippen molar-refractivity contribution in [1.82, 2.24) is 20.4 Å². The number of nitrogens with one attached hydrogen (secondary N) is 1. The molecule has 20 heavy (non-hydrogen) atoms. The van der Waals surface area contributed by atoms with E-state index in [0.717, 1.165) is 25.0 Å². The molecule has 1 aromatic heterocycles. The van der Waals surface area contributed by atoms with Gasteiger partial charge in [0.25, 0.3) is 0 Å². The van der Waals surface area contributed by atoms with Crippen LogP contribution in [0.5, 0.6) is 0 Å². The van der Waals surface area contributed by atoms with Gasteiger partial charge in [-0.3, -0.25) is 4.79 Å². The maximum atomic E-state index is 12.7. The summed E-state index contributed by atoms with van der Waals surface area (Å²) >= 11 is 0. The molecular formula is C15H22N4O. The van der Waals surface area contributed by atoms with Gasteiger partial charge < -0.3 is 10.2 Å². The van der Waals surface area contributed by atoms with E-state index < -0.39 is 0 Å². The Hall–Kier alpha value is -1.49. The molecule has 108 valence electrons. The van der Waals surface area contributed by atoms with Gasteiger partial charge in [-0.2, -0.15) is 10.2 Å². The van der Waals surface area contributed by atoms with Crippen LogP contribution in [0.4, 0.5) is 0 Å². The number of fused-ring (bicyclic) bond motifs is 1. The summed E-state index contributed by atoms with van der Waals surface area (Å²) in [4.78, 5) is 14.8. The van der Waals surface area contributed by atoms with Crippen LogP contribution in [0.2, 0.25) is 0 Å². The lowest BCUT2D eigenvalue weighted by molar-refractivity contribution is -0.136.